The molecule has 4 rings (SSSR count). The van der Waals surface area contributed by atoms with Crippen molar-refractivity contribution in [3.63, 3.8) is 0 Å². The number of thiophene rings is 1. The molecule has 0 aliphatic carbocycles. The number of likely N-dealkylation sites (tertiary alicyclic amines) is 1. The van der Waals surface area contributed by atoms with Crippen LogP contribution in [0.4, 0.5) is 10.3 Å². The predicted octanol–water partition coefficient (Wildman–Crippen LogP) is 3.21. The minimum absolute atomic E-state index is 0.0298. The summed E-state index contributed by atoms with van der Waals surface area (Å²) in [5.41, 5.74) is 1.16. The van der Waals surface area contributed by atoms with Gasteiger partial charge in [-0.2, -0.15) is 0 Å². The molecular weight excluding hydrogens is 431 g/mol. The lowest BCUT2D eigenvalue weighted by Gasteiger charge is -2.22. The molecule has 1 fully saturated rings. The third-order valence-corrected chi connectivity index (χ3v) is 6.12. The Hall–Kier alpha value is -3.14. The first kappa shape index (κ1) is 22.1. The summed E-state index contributed by atoms with van der Waals surface area (Å²) in [6, 6.07) is 3.14. The Balaban J connectivity index is 1.50. The molecule has 2 amide bonds. The van der Waals surface area contributed by atoms with E-state index in [0.29, 0.717) is 42.2 Å². The zero-order valence-electron chi connectivity index (χ0n) is 18.2. The number of nitrogens with one attached hydrogen (secondary N) is 2. The summed E-state index contributed by atoms with van der Waals surface area (Å²) in [6.07, 6.45) is 3.40. The Morgan fingerprint density at radius 2 is 2.09 bits per heavy atom. The minimum Gasteiger partial charge on any atom is -0.351 e. The van der Waals surface area contributed by atoms with Gasteiger partial charge in [0.1, 0.15) is 5.82 Å². The number of aromatic nitrogens is 3. The predicted molar refractivity (Wildman–Crippen MR) is 121 cm³/mol. The number of fused-ring (bicyclic) bond motifs is 1. The molecule has 0 unspecified atom stereocenters. The highest BCUT2D eigenvalue weighted by atomic mass is 32.1. The van der Waals surface area contributed by atoms with Crippen molar-refractivity contribution in [2.75, 3.05) is 18.4 Å². The maximum atomic E-state index is 13.4. The molecule has 0 aromatic carbocycles. The fourth-order valence-corrected chi connectivity index (χ4v) is 4.25. The fourth-order valence-electron chi connectivity index (χ4n) is 3.44. The lowest BCUT2D eigenvalue weighted by atomic mass is 9.95. The van der Waals surface area contributed by atoms with Crippen LogP contribution in [0, 0.1) is 11.2 Å². The van der Waals surface area contributed by atoms with Gasteiger partial charge < -0.3 is 15.5 Å². The number of nitrogens with zero attached hydrogens (tertiary/aromatic N) is 4. The van der Waals surface area contributed by atoms with Gasteiger partial charge in [-0.3, -0.25) is 14.6 Å². The van der Waals surface area contributed by atoms with Crippen LogP contribution < -0.4 is 10.6 Å². The Labute approximate surface area is 189 Å². The maximum absolute atomic E-state index is 13.4. The minimum atomic E-state index is -0.481. The molecular formula is C22H25FN6O2S. The largest absolute Gasteiger partial charge is 0.351 e. The lowest BCUT2D eigenvalue weighted by Crippen LogP contribution is -2.43. The van der Waals surface area contributed by atoms with Crippen LogP contribution in [-0.2, 0) is 11.3 Å². The van der Waals surface area contributed by atoms with Gasteiger partial charge in [0.25, 0.3) is 5.91 Å². The summed E-state index contributed by atoms with van der Waals surface area (Å²) in [4.78, 5) is 40.1. The number of carbonyl (C=O) groups is 2. The molecule has 1 saturated heterocycles. The molecule has 2 N–H and O–H groups in total. The Kier molecular flexibility index (Phi) is 6.05. The highest BCUT2D eigenvalue weighted by molar-refractivity contribution is 7.17. The molecule has 32 heavy (non-hydrogen) atoms. The number of rotatable bonds is 5. The molecule has 4 heterocycles. The second-order valence-corrected chi connectivity index (χ2v) is 9.77. The van der Waals surface area contributed by atoms with E-state index in [-0.39, 0.29) is 24.4 Å². The molecule has 1 aliphatic heterocycles. The van der Waals surface area contributed by atoms with Crippen molar-refractivity contribution in [2.24, 2.45) is 5.41 Å². The number of anilines is 1. The molecule has 8 nitrogen and oxygen atoms in total. The van der Waals surface area contributed by atoms with Crippen molar-refractivity contribution >= 4 is 39.3 Å². The topological polar surface area (TPSA) is 100 Å². The van der Waals surface area contributed by atoms with Crippen LogP contribution >= 0.6 is 11.3 Å². The molecule has 1 atom stereocenters. The van der Waals surface area contributed by atoms with Crippen molar-refractivity contribution < 1.29 is 14.0 Å². The Bertz CT molecular complexity index is 1160. The summed E-state index contributed by atoms with van der Waals surface area (Å²) >= 11 is 1.41. The molecule has 0 spiro atoms. The molecule has 168 valence electrons. The van der Waals surface area contributed by atoms with Crippen LogP contribution in [0.15, 0.2) is 29.9 Å². The fraction of sp³-hybridized carbons (Fsp3) is 0.409. The van der Waals surface area contributed by atoms with Crippen molar-refractivity contribution in [2.45, 2.75) is 39.8 Å². The van der Waals surface area contributed by atoms with Gasteiger partial charge in [0.05, 0.1) is 16.4 Å². The van der Waals surface area contributed by atoms with Gasteiger partial charge in [-0.1, -0.05) is 20.8 Å². The van der Waals surface area contributed by atoms with Crippen LogP contribution in [0.2, 0.25) is 0 Å². The van der Waals surface area contributed by atoms with Gasteiger partial charge in [-0.05, 0) is 29.5 Å². The smallest absolute Gasteiger partial charge is 0.274 e. The van der Waals surface area contributed by atoms with Crippen LogP contribution in [0.1, 0.15) is 43.2 Å². The van der Waals surface area contributed by atoms with E-state index in [1.54, 1.807) is 11.1 Å². The Morgan fingerprint density at radius 3 is 2.84 bits per heavy atom. The number of pyridine rings is 1. The monoisotopic (exact) mass is 456 g/mol. The molecule has 3 aromatic heterocycles. The van der Waals surface area contributed by atoms with E-state index in [1.165, 1.54) is 17.4 Å². The average Bonchev–Trinajstić information content (AvgIpc) is 3.40. The first-order valence-corrected chi connectivity index (χ1v) is 11.3. The summed E-state index contributed by atoms with van der Waals surface area (Å²) in [6.45, 7) is 6.85. The van der Waals surface area contributed by atoms with Crippen LogP contribution in [0.3, 0.4) is 0 Å². The quantitative estimate of drug-likeness (QED) is 0.612. The zero-order valence-corrected chi connectivity index (χ0v) is 19.0. The van der Waals surface area contributed by atoms with Crippen molar-refractivity contribution in [1.82, 2.24) is 25.2 Å². The van der Waals surface area contributed by atoms with Crippen molar-refractivity contribution in [3.05, 3.63) is 47.0 Å². The van der Waals surface area contributed by atoms with Crippen LogP contribution in [-0.4, -0.2) is 50.8 Å². The van der Waals surface area contributed by atoms with Crippen LogP contribution in [0.25, 0.3) is 10.2 Å². The Morgan fingerprint density at radius 1 is 1.28 bits per heavy atom. The number of hydrogen-bond acceptors (Lipinski definition) is 7. The van der Waals surface area contributed by atoms with E-state index < -0.39 is 11.2 Å². The molecule has 1 aliphatic rings. The van der Waals surface area contributed by atoms with Gasteiger partial charge >= 0.3 is 0 Å². The van der Waals surface area contributed by atoms with Gasteiger partial charge in [0.2, 0.25) is 11.9 Å². The van der Waals surface area contributed by atoms with E-state index in [1.807, 2.05) is 32.2 Å². The van der Waals surface area contributed by atoms with Gasteiger partial charge in [0, 0.05) is 37.3 Å². The lowest BCUT2D eigenvalue weighted by molar-refractivity contribution is -0.129. The summed E-state index contributed by atoms with van der Waals surface area (Å²) < 4.78 is 14.1. The van der Waals surface area contributed by atoms with Gasteiger partial charge in [0.15, 0.2) is 5.69 Å². The van der Waals surface area contributed by atoms with E-state index in [2.05, 4.69) is 25.6 Å². The first-order valence-electron chi connectivity index (χ1n) is 10.4. The van der Waals surface area contributed by atoms with E-state index >= 15 is 0 Å². The normalized spacial score (nSPS) is 16.4. The maximum Gasteiger partial charge on any atom is 0.274 e. The SMILES string of the molecule is CC(C)(C)C(=O)N[C@H]1CCN(C(=O)c2nc(NCc3cncc(F)c3)nc3ccsc23)C1. The molecule has 10 heteroatoms. The average molecular weight is 457 g/mol. The van der Waals surface area contributed by atoms with E-state index in [0.717, 1.165) is 10.9 Å². The standard InChI is InChI=1S/C22H25FN6O2S/c1-22(2,3)20(31)26-15-4-6-29(12-15)19(30)17-18-16(5-7-32-18)27-21(28-17)25-10-13-8-14(23)11-24-9-13/h5,7-9,11,15H,4,6,10,12H2,1-3H3,(H,26,31)(H,25,27,28)/t15-/m0/s1. The number of carbonyl (C=O) groups excluding carboxylic acids is 2. The van der Waals surface area contributed by atoms with Crippen molar-refractivity contribution in [3.8, 4) is 0 Å². The number of halogens is 1. The zero-order chi connectivity index (χ0) is 22.9. The first-order chi connectivity index (χ1) is 15.2. The highest BCUT2D eigenvalue weighted by Crippen LogP contribution is 2.26. The number of hydrogen-bond donors (Lipinski definition) is 2. The molecule has 0 saturated carbocycles. The summed E-state index contributed by atoms with van der Waals surface area (Å²) in [5, 5.41) is 7.95. The van der Waals surface area contributed by atoms with E-state index in [9.17, 15) is 14.0 Å². The molecule has 3 aromatic rings. The number of amides is 2. The van der Waals surface area contributed by atoms with Gasteiger partial charge in [-0.25, -0.2) is 14.4 Å². The van der Waals surface area contributed by atoms with E-state index in [4.69, 9.17) is 0 Å². The second-order valence-electron chi connectivity index (χ2n) is 8.86. The highest BCUT2D eigenvalue weighted by Gasteiger charge is 2.32. The summed E-state index contributed by atoms with van der Waals surface area (Å²) in [7, 11) is 0. The third kappa shape index (κ3) is 4.85. The second kappa shape index (κ2) is 8.78. The summed E-state index contributed by atoms with van der Waals surface area (Å²) in [5.74, 6) is -0.350. The van der Waals surface area contributed by atoms with Gasteiger partial charge in [-0.15, -0.1) is 11.3 Å². The third-order valence-electron chi connectivity index (χ3n) is 5.21. The van der Waals surface area contributed by atoms with Crippen molar-refractivity contribution in [1.29, 1.82) is 0 Å². The molecule has 0 radical (unpaired) electrons. The van der Waals surface area contributed by atoms with Crippen LogP contribution in [0.5, 0.6) is 0 Å². The molecule has 0 bridgehead atoms.